The Kier molecular flexibility index (Phi) is 2.21. The highest BCUT2D eigenvalue weighted by atomic mass is 79.9. The van der Waals surface area contributed by atoms with Gasteiger partial charge in [0.25, 0.3) is 5.24 Å². The third-order valence-electron chi connectivity index (χ3n) is 0.713. The highest BCUT2D eigenvalue weighted by Gasteiger charge is 2.08. The molecule has 1 heterocycles. The van der Waals surface area contributed by atoms with Gasteiger partial charge in [0.15, 0.2) is 5.69 Å². The lowest BCUT2D eigenvalue weighted by atomic mass is 10.5. The molecular weight excluding hydrogens is 225 g/mol. The predicted octanol–water partition coefficient (Wildman–Crippen LogP) is 2.28. The first-order valence-corrected chi connectivity index (χ1v) is 4.02. The van der Waals surface area contributed by atoms with Gasteiger partial charge < -0.3 is 0 Å². The summed E-state index contributed by atoms with van der Waals surface area (Å²) in [4.78, 5) is 10.4. The Morgan fingerprint density at radius 3 is 2.78 bits per heavy atom. The molecular formula is C4HBrClNOS. The predicted molar refractivity (Wildman–Crippen MR) is 40.0 cm³/mol. The summed E-state index contributed by atoms with van der Waals surface area (Å²) in [6, 6.07) is 0. The Morgan fingerprint density at radius 2 is 2.56 bits per heavy atom. The van der Waals surface area contributed by atoms with Crippen LogP contribution in [0.5, 0.6) is 0 Å². The Balaban J connectivity index is 3.08. The van der Waals surface area contributed by atoms with E-state index in [0.717, 1.165) is 0 Å². The van der Waals surface area contributed by atoms with Crippen molar-refractivity contribution in [2.75, 3.05) is 0 Å². The van der Waals surface area contributed by atoms with Gasteiger partial charge in [-0.25, -0.2) is 0 Å². The Hall–Kier alpha value is 0.0700. The normalized spacial score (nSPS) is 9.56. The van der Waals surface area contributed by atoms with Crippen molar-refractivity contribution in [1.29, 1.82) is 0 Å². The molecule has 0 aromatic carbocycles. The van der Waals surface area contributed by atoms with E-state index >= 15 is 0 Å². The van der Waals surface area contributed by atoms with Gasteiger partial charge in [0.2, 0.25) is 0 Å². The Bertz CT molecular complexity index is 236. The first kappa shape index (κ1) is 7.18. The van der Waals surface area contributed by atoms with Crippen LogP contribution in [0.4, 0.5) is 0 Å². The molecule has 1 rings (SSSR count). The van der Waals surface area contributed by atoms with E-state index < -0.39 is 5.24 Å². The molecule has 9 heavy (non-hydrogen) atoms. The summed E-state index contributed by atoms with van der Waals surface area (Å²) in [5.74, 6) is 0. The molecule has 0 radical (unpaired) electrons. The quantitative estimate of drug-likeness (QED) is 0.688. The fourth-order valence-electron chi connectivity index (χ4n) is 0.355. The lowest BCUT2D eigenvalue weighted by Gasteiger charge is -1.81. The molecule has 48 valence electrons. The van der Waals surface area contributed by atoms with Crippen LogP contribution in [0.1, 0.15) is 10.5 Å². The third-order valence-corrected chi connectivity index (χ3v) is 2.43. The summed E-state index contributed by atoms with van der Waals surface area (Å²) < 4.78 is 4.39. The first-order chi connectivity index (χ1) is 4.22. The van der Waals surface area contributed by atoms with Gasteiger partial charge in [0.05, 0.1) is 4.47 Å². The molecule has 0 aliphatic rings. The van der Waals surface area contributed by atoms with Crippen molar-refractivity contribution >= 4 is 44.3 Å². The molecule has 5 heteroatoms. The lowest BCUT2D eigenvalue weighted by molar-refractivity contribution is 0.107. The summed E-state index contributed by atoms with van der Waals surface area (Å²) in [6.45, 7) is 0. The molecule has 0 N–H and O–H groups in total. The van der Waals surface area contributed by atoms with E-state index in [1.54, 1.807) is 5.38 Å². The molecule has 0 aliphatic heterocycles. The Labute approximate surface area is 69.1 Å². The molecule has 0 atom stereocenters. The number of carbonyl (C=O) groups is 1. The van der Waals surface area contributed by atoms with Crippen LogP contribution in [0.3, 0.4) is 0 Å². The van der Waals surface area contributed by atoms with Gasteiger partial charge in [-0.2, -0.15) is 4.37 Å². The largest absolute Gasteiger partial charge is 0.274 e. The first-order valence-electron chi connectivity index (χ1n) is 2.01. The molecule has 1 aromatic heterocycles. The minimum atomic E-state index is -0.525. The Morgan fingerprint density at radius 1 is 1.89 bits per heavy atom. The van der Waals surface area contributed by atoms with Gasteiger partial charge in [0.1, 0.15) is 0 Å². The fourth-order valence-corrected chi connectivity index (χ4v) is 1.84. The van der Waals surface area contributed by atoms with Crippen LogP contribution in [0.2, 0.25) is 0 Å². The van der Waals surface area contributed by atoms with Crippen LogP contribution >= 0.6 is 39.1 Å². The zero-order valence-electron chi connectivity index (χ0n) is 4.10. The van der Waals surface area contributed by atoms with E-state index in [0.29, 0.717) is 10.2 Å². The second kappa shape index (κ2) is 2.77. The monoisotopic (exact) mass is 225 g/mol. The highest BCUT2D eigenvalue weighted by Crippen LogP contribution is 2.18. The van der Waals surface area contributed by atoms with Gasteiger partial charge in [0, 0.05) is 5.38 Å². The summed E-state index contributed by atoms with van der Waals surface area (Å²) in [5.41, 5.74) is 0.293. The van der Waals surface area contributed by atoms with Crippen molar-refractivity contribution in [2.45, 2.75) is 0 Å². The molecule has 0 spiro atoms. The van der Waals surface area contributed by atoms with E-state index in [1.807, 2.05) is 0 Å². The van der Waals surface area contributed by atoms with Crippen molar-refractivity contribution in [3.05, 3.63) is 15.5 Å². The molecule has 0 unspecified atom stereocenters. The fraction of sp³-hybridized carbons (Fsp3) is 0. The summed E-state index contributed by atoms with van der Waals surface area (Å²) >= 11 is 9.43. The number of halogens is 2. The smallest absolute Gasteiger partial charge is 0.273 e. The van der Waals surface area contributed by atoms with E-state index in [4.69, 9.17) is 11.6 Å². The molecule has 0 fully saturated rings. The average Bonchev–Trinajstić information content (AvgIpc) is 2.13. The maximum Gasteiger partial charge on any atom is 0.273 e. The number of carbonyl (C=O) groups excluding carboxylic acids is 1. The highest BCUT2D eigenvalue weighted by molar-refractivity contribution is 9.10. The van der Waals surface area contributed by atoms with E-state index in [1.165, 1.54) is 11.5 Å². The van der Waals surface area contributed by atoms with Crippen LogP contribution in [0, 0.1) is 0 Å². The zero-order valence-corrected chi connectivity index (χ0v) is 7.26. The van der Waals surface area contributed by atoms with E-state index in [9.17, 15) is 4.79 Å². The molecule has 0 bridgehead atoms. The topological polar surface area (TPSA) is 30.0 Å². The van der Waals surface area contributed by atoms with Gasteiger partial charge in [-0.15, -0.1) is 0 Å². The van der Waals surface area contributed by atoms with Crippen LogP contribution in [0.15, 0.2) is 9.85 Å². The summed E-state index contributed by atoms with van der Waals surface area (Å²) in [5, 5.41) is 1.18. The van der Waals surface area contributed by atoms with Gasteiger partial charge in [-0.1, -0.05) is 0 Å². The maximum atomic E-state index is 10.4. The number of hydrogen-bond donors (Lipinski definition) is 0. The van der Waals surface area contributed by atoms with Crippen molar-refractivity contribution in [3.8, 4) is 0 Å². The third kappa shape index (κ3) is 1.50. The molecule has 1 aromatic rings. The second-order valence-electron chi connectivity index (χ2n) is 1.28. The van der Waals surface area contributed by atoms with Crippen LogP contribution in [-0.2, 0) is 0 Å². The van der Waals surface area contributed by atoms with Crippen molar-refractivity contribution in [1.82, 2.24) is 4.37 Å². The van der Waals surface area contributed by atoms with Crippen LogP contribution in [-0.4, -0.2) is 9.62 Å². The lowest BCUT2D eigenvalue weighted by Crippen LogP contribution is -1.87. The van der Waals surface area contributed by atoms with E-state index in [-0.39, 0.29) is 0 Å². The van der Waals surface area contributed by atoms with Crippen molar-refractivity contribution in [2.24, 2.45) is 0 Å². The number of aromatic nitrogens is 1. The van der Waals surface area contributed by atoms with Gasteiger partial charge in [-0.05, 0) is 39.1 Å². The van der Waals surface area contributed by atoms with Gasteiger partial charge >= 0.3 is 0 Å². The number of nitrogens with zero attached hydrogens (tertiary/aromatic N) is 1. The standard InChI is InChI=1S/C4HBrClNOS/c5-2-1-9-7-3(2)4(6)8/h1H. The molecule has 0 saturated heterocycles. The zero-order chi connectivity index (χ0) is 6.85. The summed E-state index contributed by atoms with van der Waals surface area (Å²) in [7, 11) is 0. The van der Waals surface area contributed by atoms with Crippen LogP contribution in [0.25, 0.3) is 0 Å². The van der Waals surface area contributed by atoms with Crippen molar-refractivity contribution < 1.29 is 4.79 Å². The van der Waals surface area contributed by atoms with Gasteiger partial charge in [-0.3, -0.25) is 4.79 Å². The van der Waals surface area contributed by atoms with Crippen molar-refractivity contribution in [3.63, 3.8) is 0 Å². The molecule has 0 amide bonds. The minimum Gasteiger partial charge on any atom is -0.274 e. The SMILES string of the molecule is O=C(Cl)c1nscc1Br. The molecule has 0 saturated carbocycles. The summed E-state index contributed by atoms with van der Waals surface area (Å²) in [6.07, 6.45) is 0. The molecule has 0 aliphatic carbocycles. The number of hydrogen-bond acceptors (Lipinski definition) is 3. The number of rotatable bonds is 1. The molecule has 2 nitrogen and oxygen atoms in total. The van der Waals surface area contributed by atoms with E-state index in [2.05, 4.69) is 20.3 Å². The average molecular weight is 226 g/mol. The minimum absolute atomic E-state index is 0.293. The second-order valence-corrected chi connectivity index (χ2v) is 3.11. The maximum absolute atomic E-state index is 10.4. The van der Waals surface area contributed by atoms with Crippen LogP contribution < -0.4 is 0 Å².